The van der Waals surface area contributed by atoms with Gasteiger partial charge < -0.3 is 14.7 Å². The number of anilines is 1. The first-order valence-corrected chi connectivity index (χ1v) is 13.3. The lowest BCUT2D eigenvalue weighted by molar-refractivity contribution is 0.0151. The maximum Gasteiger partial charge on any atom is 0.209 e. The molecule has 2 aliphatic rings. The van der Waals surface area contributed by atoms with Gasteiger partial charge in [0.05, 0.1) is 25.0 Å². The quantitative estimate of drug-likeness (QED) is 0.431. The summed E-state index contributed by atoms with van der Waals surface area (Å²) in [6.45, 7) is 0.335. The zero-order chi connectivity index (χ0) is 25.3. The van der Waals surface area contributed by atoms with Crippen LogP contribution < -0.4 is 9.62 Å². The first-order valence-electron chi connectivity index (χ1n) is 11.4. The summed E-state index contributed by atoms with van der Waals surface area (Å²) < 4.78 is 88.8. The molecule has 0 unspecified atom stereocenters. The fraction of sp³-hybridized carbons (Fsp3) is 0.522. The molecule has 192 valence electrons. The third-order valence-corrected chi connectivity index (χ3v) is 7.43. The van der Waals surface area contributed by atoms with Crippen molar-refractivity contribution in [2.75, 3.05) is 24.3 Å². The van der Waals surface area contributed by atoms with Crippen molar-refractivity contribution in [2.24, 2.45) is 0 Å². The van der Waals surface area contributed by atoms with Gasteiger partial charge in [-0.1, -0.05) is 0 Å². The molecular formula is C23H27F4N3O4S. The van der Waals surface area contributed by atoms with Crippen molar-refractivity contribution in [1.29, 1.82) is 0 Å². The van der Waals surface area contributed by atoms with Crippen LogP contribution in [0.5, 0.6) is 5.75 Å². The summed E-state index contributed by atoms with van der Waals surface area (Å²) in [5.74, 6) is -5.06. The molecule has 1 saturated carbocycles. The number of hydrogen-bond donors (Lipinski definition) is 2. The molecule has 35 heavy (non-hydrogen) atoms. The predicted molar refractivity (Wildman–Crippen MR) is 121 cm³/mol. The second-order valence-corrected chi connectivity index (χ2v) is 10.9. The Labute approximate surface area is 201 Å². The van der Waals surface area contributed by atoms with Gasteiger partial charge in [-0.25, -0.2) is 31.3 Å². The van der Waals surface area contributed by atoms with E-state index in [1.54, 1.807) is 4.90 Å². The lowest BCUT2D eigenvalue weighted by Crippen LogP contribution is -2.48. The molecule has 1 aromatic heterocycles. The van der Waals surface area contributed by atoms with Gasteiger partial charge in [-0.05, 0) is 50.2 Å². The van der Waals surface area contributed by atoms with E-state index in [9.17, 15) is 31.1 Å². The highest BCUT2D eigenvalue weighted by Gasteiger charge is 2.39. The van der Waals surface area contributed by atoms with Crippen LogP contribution >= 0.6 is 0 Å². The number of aromatic hydroxyl groups is 1. The van der Waals surface area contributed by atoms with Crippen molar-refractivity contribution in [3.8, 4) is 5.75 Å². The second kappa shape index (κ2) is 10.3. The van der Waals surface area contributed by atoms with Crippen LogP contribution in [0.3, 0.4) is 0 Å². The minimum atomic E-state index is -3.55. The number of ether oxygens (including phenoxy) is 1. The molecular weight excluding hydrogens is 490 g/mol. The molecule has 0 radical (unpaired) electrons. The molecule has 2 heterocycles. The topological polar surface area (TPSA) is 91.8 Å². The van der Waals surface area contributed by atoms with E-state index in [-0.39, 0.29) is 24.1 Å². The third-order valence-electron chi connectivity index (χ3n) is 6.70. The highest BCUT2D eigenvalue weighted by atomic mass is 32.2. The summed E-state index contributed by atoms with van der Waals surface area (Å²) in [4.78, 5) is 5.59. The number of halogens is 4. The van der Waals surface area contributed by atoms with Crippen LogP contribution in [0.2, 0.25) is 0 Å². The van der Waals surface area contributed by atoms with E-state index in [0.717, 1.165) is 24.5 Å². The highest BCUT2D eigenvalue weighted by molar-refractivity contribution is 7.88. The van der Waals surface area contributed by atoms with E-state index < -0.39 is 57.0 Å². The summed E-state index contributed by atoms with van der Waals surface area (Å²) in [6, 6.07) is 1.65. The van der Waals surface area contributed by atoms with Gasteiger partial charge in [-0.15, -0.1) is 0 Å². The average molecular weight is 518 g/mol. The molecule has 2 aromatic rings. The first kappa shape index (κ1) is 25.6. The van der Waals surface area contributed by atoms with E-state index in [0.29, 0.717) is 38.6 Å². The van der Waals surface area contributed by atoms with Gasteiger partial charge in [-0.2, -0.15) is 4.39 Å². The number of nitrogens with one attached hydrogen (secondary N) is 1. The largest absolute Gasteiger partial charge is 0.505 e. The molecule has 1 aromatic carbocycles. The fourth-order valence-electron chi connectivity index (χ4n) is 5.03. The van der Waals surface area contributed by atoms with Gasteiger partial charge in [0, 0.05) is 30.4 Å². The van der Waals surface area contributed by atoms with Gasteiger partial charge in [0.1, 0.15) is 5.82 Å². The Bertz CT molecular complexity index is 1180. The van der Waals surface area contributed by atoms with Crippen LogP contribution in [0, 0.1) is 23.3 Å². The molecule has 1 aliphatic carbocycles. The van der Waals surface area contributed by atoms with E-state index in [2.05, 4.69) is 9.71 Å². The van der Waals surface area contributed by atoms with E-state index in [1.165, 1.54) is 6.20 Å². The standard InChI is InChI=1S/C23H27F4N3O4S/c1-35(32,33)29-17-9-11-30(23-22(27)19(31)8-10-28-23)18(17)12-34-14-4-2-13(3-5-14)20-15(24)6-7-16(25)21(20)26/h6-8,10,13-14,17-18,29H,2-5,9,11-12H2,1H3,(H,28,31)/t13-,14+,17-,18-/m0/s1. The zero-order valence-electron chi connectivity index (χ0n) is 19.1. The van der Waals surface area contributed by atoms with Crippen LogP contribution in [0.25, 0.3) is 0 Å². The molecule has 1 saturated heterocycles. The molecule has 0 bridgehead atoms. The van der Waals surface area contributed by atoms with Gasteiger partial charge in [-0.3, -0.25) is 0 Å². The summed E-state index contributed by atoms with van der Waals surface area (Å²) in [5.41, 5.74) is -0.242. The number of aromatic nitrogens is 1. The Morgan fingerprint density at radius 1 is 1.06 bits per heavy atom. The summed E-state index contributed by atoms with van der Waals surface area (Å²) in [5, 5.41) is 9.75. The predicted octanol–water partition coefficient (Wildman–Crippen LogP) is 3.58. The van der Waals surface area contributed by atoms with Gasteiger partial charge in [0.15, 0.2) is 23.2 Å². The van der Waals surface area contributed by atoms with Crippen LogP contribution in [0.15, 0.2) is 24.4 Å². The van der Waals surface area contributed by atoms with E-state index >= 15 is 0 Å². The third kappa shape index (κ3) is 5.70. The Hall–Kier alpha value is -2.44. The van der Waals surface area contributed by atoms with Gasteiger partial charge in [0.2, 0.25) is 15.8 Å². The number of hydrogen-bond acceptors (Lipinski definition) is 6. The maximum atomic E-state index is 14.6. The molecule has 7 nitrogen and oxygen atoms in total. The van der Waals surface area contributed by atoms with Crippen LogP contribution in [0.1, 0.15) is 43.6 Å². The normalized spacial score (nSPS) is 25.2. The minimum absolute atomic E-state index is 0.0436. The number of rotatable bonds is 7. The van der Waals surface area contributed by atoms with Crippen LogP contribution in [-0.2, 0) is 14.8 Å². The van der Waals surface area contributed by atoms with Crippen molar-refractivity contribution in [1.82, 2.24) is 9.71 Å². The Kier molecular flexibility index (Phi) is 7.53. The number of nitrogens with zero attached hydrogens (tertiary/aromatic N) is 2. The SMILES string of the molecule is CS(=O)(=O)N[C@H]1CCN(c2nccc(O)c2F)[C@H]1CO[C@H]1CC[C@@H](c2c(F)ccc(F)c2F)CC1. The maximum absolute atomic E-state index is 14.6. The number of benzene rings is 1. The Morgan fingerprint density at radius 2 is 1.74 bits per heavy atom. The minimum Gasteiger partial charge on any atom is -0.505 e. The number of pyridine rings is 1. The summed E-state index contributed by atoms with van der Waals surface area (Å²) in [7, 11) is -3.55. The lowest BCUT2D eigenvalue weighted by Gasteiger charge is -2.33. The van der Waals surface area contributed by atoms with Gasteiger partial charge in [0.25, 0.3) is 0 Å². The average Bonchev–Trinajstić information content (AvgIpc) is 3.18. The van der Waals surface area contributed by atoms with E-state index in [1.807, 2.05) is 0 Å². The Morgan fingerprint density at radius 3 is 2.43 bits per heavy atom. The second-order valence-electron chi connectivity index (χ2n) is 9.08. The molecule has 1 aliphatic heterocycles. The molecule has 0 spiro atoms. The van der Waals surface area contributed by atoms with Crippen LogP contribution in [0.4, 0.5) is 23.4 Å². The molecule has 4 rings (SSSR count). The summed E-state index contributed by atoms with van der Waals surface area (Å²) in [6.07, 6.45) is 4.12. The number of sulfonamides is 1. The highest BCUT2D eigenvalue weighted by Crippen LogP contribution is 2.38. The summed E-state index contributed by atoms with van der Waals surface area (Å²) >= 11 is 0. The molecule has 0 amide bonds. The van der Waals surface area contributed by atoms with Gasteiger partial charge >= 0.3 is 0 Å². The first-order chi connectivity index (χ1) is 16.5. The van der Waals surface area contributed by atoms with Crippen molar-refractivity contribution < 1.29 is 35.8 Å². The zero-order valence-corrected chi connectivity index (χ0v) is 19.9. The molecule has 2 fully saturated rings. The van der Waals surface area contributed by atoms with Crippen molar-refractivity contribution in [3.63, 3.8) is 0 Å². The molecule has 12 heteroatoms. The van der Waals surface area contributed by atoms with Crippen LogP contribution in [-0.4, -0.2) is 56.1 Å². The Balaban J connectivity index is 1.44. The lowest BCUT2D eigenvalue weighted by atomic mass is 9.82. The molecule has 2 atom stereocenters. The fourth-order valence-corrected chi connectivity index (χ4v) is 5.85. The van der Waals surface area contributed by atoms with Crippen molar-refractivity contribution in [2.45, 2.75) is 56.2 Å². The molecule has 2 N–H and O–H groups in total. The van der Waals surface area contributed by atoms with Crippen molar-refractivity contribution >= 4 is 15.8 Å². The monoisotopic (exact) mass is 517 g/mol. The smallest absolute Gasteiger partial charge is 0.209 e. The van der Waals surface area contributed by atoms with E-state index in [4.69, 9.17) is 4.74 Å². The van der Waals surface area contributed by atoms with Crippen molar-refractivity contribution in [3.05, 3.63) is 53.2 Å².